The summed E-state index contributed by atoms with van der Waals surface area (Å²) in [5.74, 6) is 0.259. The molecule has 0 spiro atoms. The van der Waals surface area contributed by atoms with Gasteiger partial charge in [-0.05, 0) is 37.5 Å². The van der Waals surface area contributed by atoms with Gasteiger partial charge in [0.15, 0.2) is 0 Å². The normalized spacial score (nSPS) is 16.5. The first-order valence-electron chi connectivity index (χ1n) is 7.19. The standard InChI is InChI=1S/C14H26N2O3/c1-11(6-7-13(17)18)8-9-15-14(19)16(2)10-12-4-3-5-12/h11-12H,3-10H2,1-2H3,(H,15,19)(H,17,18). The molecule has 1 fully saturated rings. The van der Waals surface area contributed by atoms with Gasteiger partial charge in [-0.15, -0.1) is 0 Å². The number of nitrogens with one attached hydrogen (secondary N) is 1. The van der Waals surface area contributed by atoms with Crippen molar-refractivity contribution in [3.63, 3.8) is 0 Å². The van der Waals surface area contributed by atoms with Gasteiger partial charge in [0.1, 0.15) is 0 Å². The summed E-state index contributed by atoms with van der Waals surface area (Å²) >= 11 is 0. The van der Waals surface area contributed by atoms with Crippen LogP contribution >= 0.6 is 0 Å². The number of hydrogen-bond donors (Lipinski definition) is 2. The van der Waals surface area contributed by atoms with Gasteiger partial charge in [0.25, 0.3) is 0 Å². The second-order valence-electron chi connectivity index (χ2n) is 5.74. The van der Waals surface area contributed by atoms with Crippen molar-refractivity contribution < 1.29 is 14.7 Å². The molecule has 0 heterocycles. The lowest BCUT2D eigenvalue weighted by Crippen LogP contribution is -2.41. The maximum absolute atomic E-state index is 11.8. The molecule has 19 heavy (non-hydrogen) atoms. The van der Waals surface area contributed by atoms with E-state index >= 15 is 0 Å². The minimum atomic E-state index is -0.754. The Morgan fingerprint density at radius 1 is 1.37 bits per heavy atom. The fourth-order valence-corrected chi connectivity index (χ4v) is 2.22. The van der Waals surface area contributed by atoms with Crippen molar-refractivity contribution >= 4 is 12.0 Å². The summed E-state index contributed by atoms with van der Waals surface area (Å²) < 4.78 is 0. The molecule has 5 heteroatoms. The van der Waals surface area contributed by atoms with Gasteiger partial charge in [-0.3, -0.25) is 4.79 Å². The van der Waals surface area contributed by atoms with Crippen LogP contribution in [0.2, 0.25) is 0 Å². The maximum Gasteiger partial charge on any atom is 0.317 e. The van der Waals surface area contributed by atoms with Gasteiger partial charge in [0.05, 0.1) is 0 Å². The highest BCUT2D eigenvalue weighted by molar-refractivity contribution is 5.73. The van der Waals surface area contributed by atoms with Gasteiger partial charge < -0.3 is 15.3 Å². The van der Waals surface area contributed by atoms with Crippen molar-refractivity contribution in [3.05, 3.63) is 0 Å². The molecule has 1 atom stereocenters. The van der Waals surface area contributed by atoms with Crippen LogP contribution in [0, 0.1) is 11.8 Å². The number of hydrogen-bond acceptors (Lipinski definition) is 2. The minimum absolute atomic E-state index is 0.0164. The van der Waals surface area contributed by atoms with E-state index in [2.05, 4.69) is 5.32 Å². The fraction of sp³-hybridized carbons (Fsp3) is 0.857. The Morgan fingerprint density at radius 2 is 2.05 bits per heavy atom. The second kappa shape index (κ2) is 8.02. The molecule has 2 amide bonds. The minimum Gasteiger partial charge on any atom is -0.481 e. The third-order valence-electron chi connectivity index (χ3n) is 3.87. The summed E-state index contributed by atoms with van der Waals surface area (Å²) in [6.07, 6.45) is 5.48. The Hall–Kier alpha value is -1.26. The first kappa shape index (κ1) is 15.8. The molecular weight excluding hydrogens is 244 g/mol. The number of rotatable bonds is 8. The van der Waals surface area contributed by atoms with Crippen LogP contribution in [0.25, 0.3) is 0 Å². The topological polar surface area (TPSA) is 69.6 Å². The van der Waals surface area contributed by atoms with Crippen LogP contribution in [0.4, 0.5) is 4.79 Å². The molecule has 0 aromatic heterocycles. The average Bonchev–Trinajstić information content (AvgIpc) is 2.30. The van der Waals surface area contributed by atoms with Gasteiger partial charge in [-0.25, -0.2) is 4.79 Å². The van der Waals surface area contributed by atoms with Crippen LogP contribution in [0.3, 0.4) is 0 Å². The van der Waals surface area contributed by atoms with Gasteiger partial charge in [0.2, 0.25) is 0 Å². The molecule has 0 radical (unpaired) electrons. The van der Waals surface area contributed by atoms with E-state index < -0.39 is 5.97 Å². The summed E-state index contributed by atoms with van der Waals surface area (Å²) in [7, 11) is 1.83. The third-order valence-corrected chi connectivity index (χ3v) is 3.87. The third kappa shape index (κ3) is 6.45. The van der Waals surface area contributed by atoms with E-state index in [1.54, 1.807) is 4.90 Å². The van der Waals surface area contributed by atoms with Crippen molar-refractivity contribution in [1.29, 1.82) is 0 Å². The molecule has 0 aromatic rings. The van der Waals surface area contributed by atoms with E-state index in [9.17, 15) is 9.59 Å². The SMILES string of the molecule is CC(CCNC(=O)N(C)CC1CCC1)CCC(=O)O. The number of aliphatic carboxylic acids is 1. The molecular formula is C14H26N2O3. The molecule has 1 saturated carbocycles. The number of carbonyl (C=O) groups excluding carboxylic acids is 1. The largest absolute Gasteiger partial charge is 0.481 e. The highest BCUT2D eigenvalue weighted by Crippen LogP contribution is 2.26. The summed E-state index contributed by atoms with van der Waals surface area (Å²) in [6, 6.07) is -0.0164. The van der Waals surface area contributed by atoms with Crippen molar-refractivity contribution in [3.8, 4) is 0 Å². The van der Waals surface area contributed by atoms with Crippen LogP contribution in [0.1, 0.15) is 45.4 Å². The van der Waals surface area contributed by atoms with Crippen LogP contribution in [-0.2, 0) is 4.79 Å². The van der Waals surface area contributed by atoms with Gasteiger partial charge >= 0.3 is 12.0 Å². The van der Waals surface area contributed by atoms with Crippen molar-refractivity contribution in [1.82, 2.24) is 10.2 Å². The quantitative estimate of drug-likeness (QED) is 0.711. The zero-order valence-electron chi connectivity index (χ0n) is 12.0. The number of carboxylic acid groups (broad SMARTS) is 1. The number of carboxylic acids is 1. The lowest BCUT2D eigenvalue weighted by Gasteiger charge is -2.30. The lowest BCUT2D eigenvalue weighted by molar-refractivity contribution is -0.137. The lowest BCUT2D eigenvalue weighted by atomic mass is 9.85. The van der Waals surface area contributed by atoms with Crippen molar-refractivity contribution in [2.75, 3.05) is 20.1 Å². The van der Waals surface area contributed by atoms with Gasteiger partial charge in [-0.1, -0.05) is 13.3 Å². The zero-order valence-corrected chi connectivity index (χ0v) is 12.0. The van der Waals surface area contributed by atoms with E-state index in [1.807, 2.05) is 14.0 Å². The summed E-state index contributed by atoms with van der Waals surface area (Å²) in [6.45, 7) is 3.49. The average molecular weight is 270 g/mol. The molecule has 0 bridgehead atoms. The molecule has 1 unspecified atom stereocenters. The van der Waals surface area contributed by atoms with Crippen LogP contribution in [0.5, 0.6) is 0 Å². The van der Waals surface area contributed by atoms with Crippen LogP contribution < -0.4 is 5.32 Å². The Bertz CT molecular complexity index is 303. The van der Waals surface area contributed by atoms with E-state index in [4.69, 9.17) is 5.11 Å². The number of amides is 2. The molecule has 2 N–H and O–H groups in total. The Kier molecular flexibility index (Phi) is 6.67. The van der Waals surface area contributed by atoms with E-state index in [-0.39, 0.29) is 12.5 Å². The highest BCUT2D eigenvalue weighted by atomic mass is 16.4. The van der Waals surface area contributed by atoms with E-state index in [0.717, 1.165) is 13.0 Å². The molecule has 0 aliphatic heterocycles. The van der Waals surface area contributed by atoms with Gasteiger partial charge in [-0.2, -0.15) is 0 Å². The van der Waals surface area contributed by atoms with Crippen molar-refractivity contribution in [2.24, 2.45) is 11.8 Å². The monoisotopic (exact) mass is 270 g/mol. The Balaban J connectivity index is 2.06. The molecule has 1 aliphatic rings. The highest BCUT2D eigenvalue weighted by Gasteiger charge is 2.21. The first-order chi connectivity index (χ1) is 8.99. The predicted molar refractivity (Wildman–Crippen MR) is 74.0 cm³/mol. The van der Waals surface area contributed by atoms with E-state index in [1.165, 1.54) is 19.3 Å². The molecule has 5 nitrogen and oxygen atoms in total. The zero-order chi connectivity index (χ0) is 14.3. The molecule has 1 rings (SSSR count). The van der Waals surface area contributed by atoms with Gasteiger partial charge in [0, 0.05) is 26.6 Å². The van der Waals surface area contributed by atoms with Crippen LogP contribution in [0.15, 0.2) is 0 Å². The first-order valence-corrected chi connectivity index (χ1v) is 7.19. The summed E-state index contributed by atoms with van der Waals surface area (Å²) in [5.41, 5.74) is 0. The number of nitrogens with zero attached hydrogens (tertiary/aromatic N) is 1. The maximum atomic E-state index is 11.8. The van der Waals surface area contributed by atoms with Crippen LogP contribution in [-0.4, -0.2) is 42.1 Å². The summed E-state index contributed by atoms with van der Waals surface area (Å²) in [5, 5.41) is 11.5. The molecule has 0 aromatic carbocycles. The molecule has 0 saturated heterocycles. The molecule has 110 valence electrons. The number of urea groups is 1. The molecule has 1 aliphatic carbocycles. The second-order valence-corrected chi connectivity index (χ2v) is 5.74. The van der Waals surface area contributed by atoms with Crippen molar-refractivity contribution in [2.45, 2.75) is 45.4 Å². The van der Waals surface area contributed by atoms with E-state index in [0.29, 0.717) is 24.8 Å². The number of carbonyl (C=O) groups is 2. The smallest absolute Gasteiger partial charge is 0.317 e. The predicted octanol–water partition coefficient (Wildman–Crippen LogP) is 2.32. The Labute approximate surface area is 115 Å². The summed E-state index contributed by atoms with van der Waals surface area (Å²) in [4.78, 5) is 24.0. The fourth-order valence-electron chi connectivity index (χ4n) is 2.22. The Morgan fingerprint density at radius 3 is 2.58 bits per heavy atom.